The number of hydrogen-bond acceptors (Lipinski definition) is 2. The Morgan fingerprint density at radius 1 is 1.54 bits per heavy atom. The largest absolute Gasteiger partial charge is 0.375 e. The van der Waals surface area contributed by atoms with Gasteiger partial charge < -0.3 is 10.1 Å². The lowest BCUT2D eigenvalue weighted by Crippen LogP contribution is -2.39. The maximum Gasteiger partial charge on any atom is 0.246 e. The van der Waals surface area contributed by atoms with E-state index in [0.717, 1.165) is 18.8 Å². The number of amides is 1. The fraction of sp³-hybridized carbons (Fsp3) is 0.900. The summed E-state index contributed by atoms with van der Waals surface area (Å²) >= 11 is 0. The minimum atomic E-state index is 0.0154. The summed E-state index contributed by atoms with van der Waals surface area (Å²) in [6.45, 7) is 2.43. The van der Waals surface area contributed by atoms with Gasteiger partial charge >= 0.3 is 0 Å². The highest BCUT2D eigenvalue weighted by Crippen LogP contribution is 2.23. The molecule has 13 heavy (non-hydrogen) atoms. The van der Waals surface area contributed by atoms with Crippen molar-refractivity contribution in [1.82, 2.24) is 5.32 Å². The predicted molar refractivity (Wildman–Crippen MR) is 51.4 cm³/mol. The Morgan fingerprint density at radius 3 is 2.92 bits per heavy atom. The summed E-state index contributed by atoms with van der Waals surface area (Å²) in [5, 5.41) is 2.99. The predicted octanol–water partition coefficient (Wildman–Crippen LogP) is 1.33. The van der Waals surface area contributed by atoms with Crippen LogP contribution in [0.1, 0.15) is 32.6 Å². The lowest BCUT2D eigenvalue weighted by Gasteiger charge is -2.27. The van der Waals surface area contributed by atoms with Crippen molar-refractivity contribution in [2.24, 2.45) is 5.92 Å². The van der Waals surface area contributed by atoms with Crippen LogP contribution >= 0.6 is 0 Å². The molecule has 0 radical (unpaired) electrons. The van der Waals surface area contributed by atoms with Crippen LogP contribution in [0.3, 0.4) is 0 Å². The molecule has 2 atom stereocenters. The first-order chi connectivity index (χ1) is 6.22. The first kappa shape index (κ1) is 10.5. The highest BCUT2D eigenvalue weighted by atomic mass is 16.5. The van der Waals surface area contributed by atoms with E-state index in [1.54, 1.807) is 7.11 Å². The van der Waals surface area contributed by atoms with Gasteiger partial charge in [-0.15, -0.1) is 0 Å². The van der Waals surface area contributed by atoms with Gasteiger partial charge in [-0.3, -0.25) is 4.79 Å². The van der Waals surface area contributed by atoms with Crippen LogP contribution in [0.4, 0.5) is 0 Å². The second-order valence-electron chi connectivity index (χ2n) is 3.97. The van der Waals surface area contributed by atoms with E-state index in [0.29, 0.717) is 6.04 Å². The number of rotatable bonds is 3. The maximum atomic E-state index is 11.2. The van der Waals surface area contributed by atoms with Gasteiger partial charge in [0.25, 0.3) is 0 Å². The fourth-order valence-electron chi connectivity index (χ4n) is 1.97. The lowest BCUT2D eigenvalue weighted by molar-refractivity contribution is -0.125. The third-order valence-corrected chi connectivity index (χ3v) is 2.58. The smallest absolute Gasteiger partial charge is 0.246 e. The highest BCUT2D eigenvalue weighted by Gasteiger charge is 2.19. The Morgan fingerprint density at radius 2 is 2.31 bits per heavy atom. The van der Waals surface area contributed by atoms with Gasteiger partial charge in [-0.2, -0.15) is 0 Å². The van der Waals surface area contributed by atoms with Crippen LogP contribution in [0.5, 0.6) is 0 Å². The zero-order valence-corrected chi connectivity index (χ0v) is 8.51. The molecule has 3 heteroatoms. The summed E-state index contributed by atoms with van der Waals surface area (Å²) in [4.78, 5) is 11.2. The molecule has 1 aliphatic carbocycles. The number of carbonyl (C=O) groups excluding carboxylic acids is 1. The van der Waals surface area contributed by atoms with Gasteiger partial charge in [0, 0.05) is 13.2 Å². The molecule has 3 nitrogen and oxygen atoms in total. The normalized spacial score (nSPS) is 28.5. The van der Waals surface area contributed by atoms with Crippen LogP contribution in [0, 0.1) is 5.92 Å². The minimum absolute atomic E-state index is 0.0154. The van der Waals surface area contributed by atoms with Crippen molar-refractivity contribution in [3.63, 3.8) is 0 Å². The fourth-order valence-corrected chi connectivity index (χ4v) is 1.97. The third-order valence-electron chi connectivity index (χ3n) is 2.58. The maximum absolute atomic E-state index is 11.2. The summed E-state index contributed by atoms with van der Waals surface area (Å²) in [5.41, 5.74) is 0. The van der Waals surface area contributed by atoms with E-state index >= 15 is 0 Å². The van der Waals surface area contributed by atoms with Crippen LogP contribution in [0.25, 0.3) is 0 Å². The molecule has 0 saturated heterocycles. The molecule has 1 rings (SSSR count). The van der Waals surface area contributed by atoms with Crippen LogP contribution < -0.4 is 5.32 Å². The summed E-state index contributed by atoms with van der Waals surface area (Å²) in [5.74, 6) is 0.767. The minimum Gasteiger partial charge on any atom is -0.375 e. The molecule has 0 bridgehead atoms. The molecule has 0 spiro atoms. The van der Waals surface area contributed by atoms with E-state index in [9.17, 15) is 4.79 Å². The highest BCUT2D eigenvalue weighted by molar-refractivity contribution is 5.77. The second-order valence-corrected chi connectivity index (χ2v) is 3.97. The molecule has 0 heterocycles. The molecule has 0 aromatic heterocycles. The van der Waals surface area contributed by atoms with Crippen LogP contribution in [0.15, 0.2) is 0 Å². The van der Waals surface area contributed by atoms with Crippen molar-refractivity contribution in [1.29, 1.82) is 0 Å². The van der Waals surface area contributed by atoms with Crippen LogP contribution in [-0.2, 0) is 9.53 Å². The Kier molecular flexibility index (Phi) is 4.22. The van der Waals surface area contributed by atoms with E-state index in [-0.39, 0.29) is 12.5 Å². The number of hydrogen-bond donors (Lipinski definition) is 1. The van der Waals surface area contributed by atoms with Gasteiger partial charge in [0.05, 0.1) is 0 Å². The molecule has 1 fully saturated rings. The van der Waals surface area contributed by atoms with Crippen molar-refractivity contribution < 1.29 is 9.53 Å². The average molecular weight is 185 g/mol. The SMILES string of the molecule is COCC(=O)N[C@@H]1CCC[C@@H](C)C1. The van der Waals surface area contributed by atoms with E-state index in [1.807, 2.05) is 0 Å². The van der Waals surface area contributed by atoms with Crippen molar-refractivity contribution >= 4 is 5.91 Å². The number of carbonyl (C=O) groups is 1. The summed E-state index contributed by atoms with van der Waals surface area (Å²) in [6.07, 6.45) is 4.78. The summed E-state index contributed by atoms with van der Waals surface area (Å²) in [7, 11) is 1.54. The zero-order valence-electron chi connectivity index (χ0n) is 8.51. The first-order valence-electron chi connectivity index (χ1n) is 5.00. The third kappa shape index (κ3) is 3.77. The quantitative estimate of drug-likeness (QED) is 0.720. The van der Waals surface area contributed by atoms with Gasteiger partial charge in [-0.05, 0) is 18.8 Å². The van der Waals surface area contributed by atoms with Gasteiger partial charge in [0.2, 0.25) is 5.91 Å². The average Bonchev–Trinajstić information content (AvgIpc) is 2.04. The Hall–Kier alpha value is -0.570. The Bertz CT molecular complexity index is 170. The van der Waals surface area contributed by atoms with Crippen molar-refractivity contribution in [2.45, 2.75) is 38.6 Å². The summed E-state index contributed by atoms with van der Waals surface area (Å²) < 4.78 is 4.76. The lowest BCUT2D eigenvalue weighted by atomic mass is 9.87. The van der Waals surface area contributed by atoms with Gasteiger partial charge in [0.1, 0.15) is 6.61 Å². The molecule has 0 aromatic rings. The Labute approximate surface area is 79.8 Å². The second kappa shape index (κ2) is 5.22. The summed E-state index contributed by atoms with van der Waals surface area (Å²) in [6, 6.07) is 0.381. The van der Waals surface area contributed by atoms with Crippen molar-refractivity contribution in [2.75, 3.05) is 13.7 Å². The monoisotopic (exact) mass is 185 g/mol. The van der Waals surface area contributed by atoms with Gasteiger partial charge in [0.15, 0.2) is 0 Å². The zero-order chi connectivity index (χ0) is 9.68. The molecular formula is C10H19NO2. The standard InChI is InChI=1S/C10H19NO2/c1-8-4-3-5-9(6-8)11-10(12)7-13-2/h8-9H,3-7H2,1-2H3,(H,11,12)/t8-,9-/m1/s1. The molecule has 0 aromatic carbocycles. The van der Waals surface area contributed by atoms with E-state index in [4.69, 9.17) is 4.74 Å². The molecular weight excluding hydrogens is 166 g/mol. The van der Waals surface area contributed by atoms with E-state index in [2.05, 4.69) is 12.2 Å². The number of ether oxygens (including phenoxy) is 1. The topological polar surface area (TPSA) is 38.3 Å². The molecule has 0 aliphatic heterocycles. The van der Waals surface area contributed by atoms with Crippen LogP contribution in [0.2, 0.25) is 0 Å². The molecule has 1 aliphatic rings. The van der Waals surface area contributed by atoms with E-state index in [1.165, 1.54) is 12.8 Å². The van der Waals surface area contributed by atoms with Gasteiger partial charge in [-0.1, -0.05) is 19.8 Å². The van der Waals surface area contributed by atoms with Crippen molar-refractivity contribution in [3.05, 3.63) is 0 Å². The van der Waals surface area contributed by atoms with E-state index < -0.39 is 0 Å². The Balaban J connectivity index is 2.23. The van der Waals surface area contributed by atoms with Crippen molar-refractivity contribution in [3.8, 4) is 0 Å². The number of nitrogens with one attached hydrogen (secondary N) is 1. The molecule has 76 valence electrons. The molecule has 1 saturated carbocycles. The molecule has 0 unspecified atom stereocenters. The first-order valence-corrected chi connectivity index (χ1v) is 5.00. The van der Waals surface area contributed by atoms with Gasteiger partial charge in [-0.25, -0.2) is 0 Å². The number of methoxy groups -OCH3 is 1. The molecule has 1 amide bonds. The molecule has 1 N–H and O–H groups in total. The van der Waals surface area contributed by atoms with Crippen LogP contribution in [-0.4, -0.2) is 25.7 Å².